The first-order valence-electron chi connectivity index (χ1n) is 42.4. The smallest absolute Gasteiger partial charge is 0.411 e. The number of ether oxygens (including phenoxy) is 15. The number of nitrogens with one attached hydrogen (secondary N) is 7. The zero-order valence-electron chi connectivity index (χ0n) is 74.9. The molecule has 714 valence electrons. The lowest BCUT2D eigenvalue weighted by molar-refractivity contribution is -0.271. The van der Waals surface area contributed by atoms with Crippen LogP contribution in [0.1, 0.15) is 117 Å². The number of imide groups is 1. The minimum absolute atomic E-state index is 0.00948. The molecule has 0 aliphatic carbocycles. The van der Waals surface area contributed by atoms with Crippen LogP contribution >= 0.6 is 11.8 Å². The number of carboxylic acids is 2. The summed E-state index contributed by atoms with van der Waals surface area (Å²) < 4.78 is 82.3. The van der Waals surface area contributed by atoms with E-state index in [-0.39, 0.29) is 119 Å². The van der Waals surface area contributed by atoms with Crippen molar-refractivity contribution < 1.29 is 149 Å². The van der Waals surface area contributed by atoms with Crippen molar-refractivity contribution in [3.63, 3.8) is 0 Å². The summed E-state index contributed by atoms with van der Waals surface area (Å²) in [5.74, 6) is -7.03. The van der Waals surface area contributed by atoms with Crippen molar-refractivity contribution in [1.29, 1.82) is 0 Å². The molecule has 0 radical (unpaired) electrons. The number of thioether (sulfide) groups is 1. The molecule has 12 N–H and O–H groups in total. The van der Waals surface area contributed by atoms with Crippen molar-refractivity contribution in [2.24, 2.45) is 11.3 Å². The molecule has 126 heavy (non-hydrogen) atoms. The van der Waals surface area contributed by atoms with Crippen molar-refractivity contribution in [3.05, 3.63) is 70.8 Å². The van der Waals surface area contributed by atoms with Gasteiger partial charge in [0.15, 0.2) is 6.10 Å². The van der Waals surface area contributed by atoms with Crippen molar-refractivity contribution in [3.8, 4) is 5.75 Å². The Kier molecular flexibility index (Phi) is 53.6. The molecule has 40 nitrogen and oxygen atoms in total. The monoisotopic (exact) mass is 1810 g/mol. The van der Waals surface area contributed by atoms with Crippen LogP contribution in [0.3, 0.4) is 0 Å². The number of aliphatic carboxylic acids is 2. The van der Waals surface area contributed by atoms with Gasteiger partial charge in [0.1, 0.15) is 42.8 Å². The number of hydrogen-bond acceptors (Lipinski definition) is 31. The highest BCUT2D eigenvalue weighted by Crippen LogP contribution is 2.33. The first-order valence-corrected chi connectivity index (χ1v) is 43.7. The van der Waals surface area contributed by atoms with Gasteiger partial charge >= 0.3 is 18.0 Å². The van der Waals surface area contributed by atoms with E-state index in [0.717, 1.165) is 0 Å². The fraction of sp³-hybridized carbons (Fsp3) is 0.706. The minimum atomic E-state index is -2.05. The summed E-state index contributed by atoms with van der Waals surface area (Å²) in [5, 5.41) is 70.2. The number of benzene rings is 2. The summed E-state index contributed by atoms with van der Waals surface area (Å²) in [7, 11) is 4.78. The molecule has 2 aliphatic rings. The molecular formula is C85H137N9O31S. The number of carbonyl (C=O) groups is 11. The Morgan fingerprint density at radius 3 is 1.64 bits per heavy atom. The first kappa shape index (κ1) is 110. The quantitative estimate of drug-likeness (QED) is 0.0254. The van der Waals surface area contributed by atoms with Gasteiger partial charge in [-0.05, 0) is 79.8 Å². The van der Waals surface area contributed by atoms with Crippen LogP contribution in [-0.4, -0.2) is 360 Å². The summed E-state index contributed by atoms with van der Waals surface area (Å²) in [6.45, 7) is 21.9. The molecule has 10 atom stereocenters. The first-order chi connectivity index (χ1) is 60.2. The van der Waals surface area contributed by atoms with Crippen molar-refractivity contribution in [2.75, 3.05) is 204 Å². The van der Waals surface area contributed by atoms with E-state index in [2.05, 4.69) is 37.2 Å². The van der Waals surface area contributed by atoms with E-state index in [1.807, 2.05) is 13.8 Å². The maximum Gasteiger partial charge on any atom is 0.411 e. The molecule has 2 aliphatic heterocycles. The lowest BCUT2D eigenvalue weighted by Gasteiger charge is -2.40. The fourth-order valence-corrected chi connectivity index (χ4v) is 13.4. The number of unbranched alkanes of at least 4 members (excludes halogenated alkanes) is 2. The van der Waals surface area contributed by atoms with Crippen molar-refractivity contribution in [1.82, 2.24) is 41.7 Å². The summed E-state index contributed by atoms with van der Waals surface area (Å²) >= 11 is 1.30. The SMILES string of the molecule is CNC(C(=O)NC(C(=O)N(C)C(/C=C(\C)C(=O)O)C(C)C)C(C)(C)C)C(C)(C)c1cccc(NC(=O)OCc2ccc(OC3OC(C(=O)O)C(O)C(O)C3O)c(CNC(=O)CCNC(=O)C(CNC(=O)CCOCCOCCOCCOCCOCCOCCOCCOCCOCCOCCOCCOC)NC(=O)CCCCCN3C(=O)CC(SC)C3=O)c2)c1. The Morgan fingerprint density at radius 2 is 1.15 bits per heavy atom. The third-order valence-electron chi connectivity index (χ3n) is 20.0. The Hall–Kier alpha value is -8.18. The normalized spacial score (nSPS) is 17.7. The van der Waals surface area contributed by atoms with Gasteiger partial charge in [-0.3, -0.25) is 48.6 Å². The molecule has 0 bridgehead atoms. The third kappa shape index (κ3) is 41.9. The highest BCUT2D eigenvalue weighted by atomic mass is 32.2. The van der Waals surface area contributed by atoms with E-state index in [9.17, 15) is 78.3 Å². The van der Waals surface area contributed by atoms with E-state index >= 15 is 0 Å². The molecule has 4 rings (SSSR count). The van der Waals surface area contributed by atoms with Gasteiger partial charge in [-0.25, -0.2) is 14.4 Å². The van der Waals surface area contributed by atoms with E-state index in [0.29, 0.717) is 156 Å². The summed E-state index contributed by atoms with van der Waals surface area (Å²) in [6.07, 6.45) is -6.81. The van der Waals surface area contributed by atoms with Gasteiger partial charge in [0, 0.05) is 88.3 Å². The Morgan fingerprint density at radius 1 is 0.619 bits per heavy atom. The number of nitrogens with zero attached hydrogens (tertiary/aromatic N) is 2. The number of aliphatic hydroxyl groups excluding tert-OH is 3. The molecule has 2 aromatic rings. The highest BCUT2D eigenvalue weighted by Gasteiger charge is 2.49. The van der Waals surface area contributed by atoms with Crippen LogP contribution in [0.15, 0.2) is 54.1 Å². The van der Waals surface area contributed by atoms with E-state index in [4.69, 9.17) is 71.1 Å². The predicted octanol–water partition coefficient (Wildman–Crippen LogP) is 1.61. The van der Waals surface area contributed by atoms with Crippen molar-refractivity contribution in [2.45, 2.75) is 179 Å². The van der Waals surface area contributed by atoms with Crippen LogP contribution in [0.4, 0.5) is 10.5 Å². The minimum Gasteiger partial charge on any atom is -0.479 e. The second kappa shape index (κ2) is 61.4. The van der Waals surface area contributed by atoms with Crippen LogP contribution in [0.2, 0.25) is 0 Å². The number of carbonyl (C=O) groups excluding carboxylic acids is 9. The molecule has 41 heteroatoms. The summed E-state index contributed by atoms with van der Waals surface area (Å²) in [6, 6.07) is 6.93. The molecule has 0 spiro atoms. The molecule has 2 fully saturated rings. The van der Waals surface area contributed by atoms with Gasteiger partial charge in [-0.15, -0.1) is 0 Å². The largest absolute Gasteiger partial charge is 0.479 e. The van der Waals surface area contributed by atoms with Crippen LogP contribution in [0.25, 0.3) is 0 Å². The third-order valence-corrected chi connectivity index (χ3v) is 20.9. The van der Waals surface area contributed by atoms with Gasteiger partial charge in [0.25, 0.3) is 0 Å². The van der Waals surface area contributed by atoms with Gasteiger partial charge in [-0.1, -0.05) is 79.2 Å². The number of methoxy groups -OCH3 is 1. The van der Waals surface area contributed by atoms with Crippen molar-refractivity contribution >= 4 is 82.7 Å². The van der Waals surface area contributed by atoms with E-state index < -0.39 is 131 Å². The maximum atomic E-state index is 14.4. The predicted molar refractivity (Wildman–Crippen MR) is 459 cm³/mol. The van der Waals surface area contributed by atoms with Gasteiger partial charge in [-0.2, -0.15) is 11.8 Å². The van der Waals surface area contributed by atoms with Crippen LogP contribution < -0.4 is 42.0 Å². The molecule has 2 heterocycles. The van der Waals surface area contributed by atoms with E-state index in [1.54, 1.807) is 86.3 Å². The molecule has 9 amide bonds. The molecular weight excluding hydrogens is 1680 g/mol. The molecule has 10 unspecified atom stereocenters. The standard InChI is InChI=1S/C85H137N9O31S/c1-56(2)63(49-57(3)80(106)107)93(10)79(105)75(84(4,5)6)92-77(103)74(86-9)85(7,8)60-17-16-18-61(51-60)90-83(110)123-55-58-20-21-64(124-82-72(101)70(99)71(100)73(125-82)81(108)109)59(50-58)53-88-66(95)22-24-87-76(102)62(91-68(97)19-14-13-15-25-94-69(98)52-65(126-12)78(94)104)54-89-67(96)23-26-112-29-30-114-33-34-116-37-38-118-41-42-120-45-46-122-48-47-121-44-43-119-40-39-117-36-35-115-32-31-113-28-27-111-11/h16-18,20-21,49-51,56,62-63,65,70-75,82,86,99-101H,13-15,19,22-48,52-55H2,1-12H3,(H,87,102)(H,88,95)(H,89,96)(H,90,110)(H,91,97)(H,92,103)(H,106,107)(H,108,109)/b57-49+. The Labute approximate surface area is 741 Å². The van der Waals surface area contributed by atoms with Crippen LogP contribution in [0.5, 0.6) is 5.75 Å². The molecule has 0 saturated carbocycles. The molecule has 2 aromatic carbocycles. The summed E-state index contributed by atoms with van der Waals surface area (Å²) in [5.41, 5.74) is -0.462. The van der Waals surface area contributed by atoms with Gasteiger partial charge in [0.05, 0.1) is 169 Å². The zero-order chi connectivity index (χ0) is 93.0. The number of amides is 9. The number of carboxylic acid groups (broad SMARTS) is 2. The fourth-order valence-electron chi connectivity index (χ4n) is 12.7. The zero-order valence-corrected chi connectivity index (χ0v) is 75.7. The molecule has 2 saturated heterocycles. The molecule has 0 aromatic heterocycles. The number of likely N-dealkylation sites (N-methyl/N-ethyl adjacent to an activating group) is 2. The van der Waals surface area contributed by atoms with E-state index in [1.165, 1.54) is 52.8 Å². The number of rotatable bonds is 68. The Bertz CT molecular complexity index is 3650. The number of anilines is 1. The average molecular weight is 1810 g/mol. The number of likely N-dealkylation sites (tertiary alicyclic amines) is 1. The van der Waals surface area contributed by atoms with Crippen LogP contribution in [0, 0.1) is 11.3 Å². The second-order valence-electron chi connectivity index (χ2n) is 31.5. The topological polar surface area (TPSA) is 518 Å². The lowest BCUT2D eigenvalue weighted by Crippen LogP contribution is -2.61. The highest BCUT2D eigenvalue weighted by molar-refractivity contribution is 8.00. The average Bonchev–Trinajstić information content (AvgIpc) is 1.04. The maximum absolute atomic E-state index is 14.4. The van der Waals surface area contributed by atoms with Gasteiger partial charge in [0.2, 0.25) is 53.5 Å². The Balaban J connectivity index is 1.26. The number of hydrogen-bond donors (Lipinski definition) is 12. The second-order valence-corrected chi connectivity index (χ2v) is 32.6. The lowest BCUT2D eigenvalue weighted by atomic mass is 9.76. The summed E-state index contributed by atoms with van der Waals surface area (Å²) in [4.78, 5) is 148. The van der Waals surface area contributed by atoms with Gasteiger partial charge < -0.3 is 133 Å². The number of aliphatic hydroxyl groups is 3. The van der Waals surface area contributed by atoms with Crippen LogP contribution in [-0.2, 0) is 133 Å².